The van der Waals surface area contributed by atoms with Gasteiger partial charge in [-0.15, -0.1) is 5.10 Å². The van der Waals surface area contributed by atoms with Gasteiger partial charge in [-0.25, -0.2) is 0 Å². The van der Waals surface area contributed by atoms with E-state index in [1.165, 1.54) is 12.1 Å². The molecule has 0 bridgehead atoms. The van der Waals surface area contributed by atoms with Crippen LogP contribution < -0.4 is 14.4 Å². The summed E-state index contributed by atoms with van der Waals surface area (Å²) in [5.74, 6) is 1.53. The highest BCUT2D eigenvalue weighted by atomic mass is 19.3. The molecule has 0 radical (unpaired) electrons. The van der Waals surface area contributed by atoms with Crippen molar-refractivity contribution in [2.24, 2.45) is 0 Å². The monoisotopic (exact) mass is 373 g/mol. The summed E-state index contributed by atoms with van der Waals surface area (Å²) < 4.78 is 36.4. The Morgan fingerprint density at radius 2 is 1.96 bits per heavy atom. The van der Waals surface area contributed by atoms with Crippen LogP contribution in [0.5, 0.6) is 11.5 Å². The van der Waals surface area contributed by atoms with Crippen molar-refractivity contribution >= 4 is 5.69 Å². The molecule has 9 heteroatoms. The van der Waals surface area contributed by atoms with E-state index in [0.29, 0.717) is 24.6 Å². The maximum atomic E-state index is 12.3. The lowest BCUT2D eigenvalue weighted by atomic mass is 10.2. The molecular formula is C18H17F2N5O2. The van der Waals surface area contributed by atoms with Crippen molar-refractivity contribution < 1.29 is 18.3 Å². The van der Waals surface area contributed by atoms with E-state index in [1.54, 1.807) is 16.8 Å². The van der Waals surface area contributed by atoms with Crippen molar-refractivity contribution in [3.05, 3.63) is 54.4 Å². The number of nitrogens with zero attached hydrogens (tertiary/aromatic N) is 5. The molecule has 1 aliphatic rings. The predicted molar refractivity (Wildman–Crippen MR) is 93.4 cm³/mol. The molecule has 3 aromatic rings. The molecule has 140 valence electrons. The van der Waals surface area contributed by atoms with Crippen LogP contribution in [0.25, 0.3) is 5.69 Å². The number of alkyl halides is 2. The molecule has 0 N–H and O–H groups in total. The molecule has 1 aliphatic heterocycles. The van der Waals surface area contributed by atoms with Crippen LogP contribution in [0.2, 0.25) is 0 Å². The number of fused-ring (bicyclic) bond motifs is 1. The summed E-state index contributed by atoms with van der Waals surface area (Å²) in [7, 11) is 0. The standard InChI is InChI=1S/C18H17F2N5O2/c1-12-10-24(15-4-2-3-5-16(15)26-12)11-17-21-22-23-25(17)13-6-8-14(9-7-13)27-18(19)20/h2-9,12,18H,10-11H2,1H3. The van der Waals surface area contributed by atoms with Gasteiger partial charge in [-0.05, 0) is 53.7 Å². The summed E-state index contributed by atoms with van der Waals surface area (Å²) in [6.07, 6.45) is 0.0370. The second-order valence-corrected chi connectivity index (χ2v) is 6.16. The molecule has 0 amide bonds. The SMILES string of the molecule is CC1CN(Cc2nnnn2-c2ccc(OC(F)F)cc2)c2ccccc2O1. The van der Waals surface area contributed by atoms with E-state index in [-0.39, 0.29) is 11.9 Å². The van der Waals surface area contributed by atoms with E-state index in [1.807, 2.05) is 31.2 Å². The molecule has 27 heavy (non-hydrogen) atoms. The van der Waals surface area contributed by atoms with Gasteiger partial charge in [0, 0.05) is 0 Å². The molecule has 4 rings (SSSR count). The predicted octanol–water partition coefficient (Wildman–Crippen LogP) is 3.05. The van der Waals surface area contributed by atoms with E-state index in [2.05, 4.69) is 25.2 Å². The summed E-state index contributed by atoms with van der Waals surface area (Å²) in [5.41, 5.74) is 1.64. The quantitative estimate of drug-likeness (QED) is 0.685. The molecule has 2 aromatic carbocycles. The summed E-state index contributed by atoms with van der Waals surface area (Å²) in [6.45, 7) is 0.328. The third-order valence-corrected chi connectivity index (χ3v) is 4.18. The molecule has 1 unspecified atom stereocenters. The fourth-order valence-corrected chi connectivity index (χ4v) is 3.07. The van der Waals surface area contributed by atoms with Gasteiger partial charge in [-0.2, -0.15) is 13.5 Å². The molecule has 1 aromatic heterocycles. The zero-order chi connectivity index (χ0) is 18.8. The van der Waals surface area contributed by atoms with Crippen molar-refractivity contribution in [1.82, 2.24) is 20.2 Å². The highest BCUT2D eigenvalue weighted by molar-refractivity contribution is 5.60. The topological polar surface area (TPSA) is 65.3 Å². The van der Waals surface area contributed by atoms with Gasteiger partial charge in [0.1, 0.15) is 17.6 Å². The van der Waals surface area contributed by atoms with Crippen LogP contribution in [0, 0.1) is 0 Å². The first-order valence-corrected chi connectivity index (χ1v) is 8.43. The van der Waals surface area contributed by atoms with Crippen LogP contribution in [0.1, 0.15) is 12.7 Å². The average Bonchev–Trinajstić information content (AvgIpc) is 3.10. The first kappa shape index (κ1) is 17.2. The lowest BCUT2D eigenvalue weighted by Gasteiger charge is -2.34. The number of tetrazole rings is 1. The van der Waals surface area contributed by atoms with Gasteiger partial charge < -0.3 is 14.4 Å². The van der Waals surface area contributed by atoms with Crippen LogP contribution in [0.15, 0.2) is 48.5 Å². The van der Waals surface area contributed by atoms with Crippen LogP contribution in [-0.4, -0.2) is 39.5 Å². The van der Waals surface area contributed by atoms with Crippen LogP contribution in [0.4, 0.5) is 14.5 Å². The van der Waals surface area contributed by atoms with Crippen molar-refractivity contribution in [3.63, 3.8) is 0 Å². The number of hydrogen-bond donors (Lipinski definition) is 0. The molecule has 7 nitrogen and oxygen atoms in total. The van der Waals surface area contributed by atoms with Gasteiger partial charge in [0.25, 0.3) is 0 Å². The number of para-hydroxylation sites is 2. The van der Waals surface area contributed by atoms with Crippen LogP contribution in [0.3, 0.4) is 0 Å². The van der Waals surface area contributed by atoms with Crippen molar-refractivity contribution in [3.8, 4) is 17.2 Å². The summed E-state index contributed by atoms with van der Waals surface area (Å²) in [6, 6.07) is 14.0. The maximum Gasteiger partial charge on any atom is 0.387 e. The fourth-order valence-electron chi connectivity index (χ4n) is 3.07. The smallest absolute Gasteiger partial charge is 0.387 e. The lowest BCUT2D eigenvalue weighted by molar-refractivity contribution is -0.0498. The van der Waals surface area contributed by atoms with Crippen molar-refractivity contribution in [2.75, 3.05) is 11.4 Å². The van der Waals surface area contributed by atoms with Gasteiger partial charge in [0.15, 0.2) is 5.82 Å². The summed E-state index contributed by atoms with van der Waals surface area (Å²) in [4.78, 5) is 2.15. The molecular weight excluding hydrogens is 356 g/mol. The minimum absolute atomic E-state index is 0.0370. The number of ether oxygens (including phenoxy) is 2. The van der Waals surface area contributed by atoms with E-state index in [0.717, 1.165) is 11.4 Å². The Bertz CT molecular complexity index is 916. The Hall–Kier alpha value is -3.23. The van der Waals surface area contributed by atoms with E-state index < -0.39 is 6.61 Å². The second kappa shape index (κ2) is 7.18. The molecule has 0 spiro atoms. The third kappa shape index (κ3) is 3.67. The minimum Gasteiger partial charge on any atom is -0.487 e. The van der Waals surface area contributed by atoms with Crippen LogP contribution in [-0.2, 0) is 6.54 Å². The first-order chi connectivity index (χ1) is 13.1. The number of hydrogen-bond acceptors (Lipinski definition) is 6. The normalized spacial score (nSPS) is 16.1. The third-order valence-electron chi connectivity index (χ3n) is 4.18. The molecule has 0 aliphatic carbocycles. The van der Waals surface area contributed by atoms with Gasteiger partial charge in [-0.3, -0.25) is 0 Å². The Morgan fingerprint density at radius 3 is 2.74 bits per heavy atom. The molecule has 0 fully saturated rings. The highest BCUT2D eigenvalue weighted by Crippen LogP contribution is 2.33. The second-order valence-electron chi connectivity index (χ2n) is 6.16. The lowest BCUT2D eigenvalue weighted by Crippen LogP contribution is -2.38. The van der Waals surface area contributed by atoms with Crippen LogP contribution >= 0.6 is 0 Å². The van der Waals surface area contributed by atoms with Crippen molar-refractivity contribution in [1.29, 1.82) is 0 Å². The van der Waals surface area contributed by atoms with Crippen molar-refractivity contribution in [2.45, 2.75) is 26.2 Å². The van der Waals surface area contributed by atoms with Gasteiger partial charge in [0.05, 0.1) is 24.5 Å². The Morgan fingerprint density at radius 1 is 1.19 bits per heavy atom. The number of benzene rings is 2. The Balaban J connectivity index is 1.58. The largest absolute Gasteiger partial charge is 0.487 e. The zero-order valence-electron chi connectivity index (χ0n) is 14.5. The first-order valence-electron chi connectivity index (χ1n) is 8.43. The summed E-state index contributed by atoms with van der Waals surface area (Å²) in [5, 5.41) is 11.9. The minimum atomic E-state index is -2.86. The molecule has 0 saturated heterocycles. The van der Waals surface area contributed by atoms with E-state index in [4.69, 9.17) is 4.74 Å². The Kier molecular flexibility index (Phi) is 4.57. The van der Waals surface area contributed by atoms with Gasteiger partial charge >= 0.3 is 6.61 Å². The maximum absolute atomic E-state index is 12.3. The average molecular weight is 373 g/mol. The number of aromatic nitrogens is 4. The Labute approximate surface area is 154 Å². The molecule has 0 saturated carbocycles. The number of anilines is 1. The molecule has 2 heterocycles. The van der Waals surface area contributed by atoms with E-state index >= 15 is 0 Å². The van der Waals surface area contributed by atoms with Gasteiger partial charge in [0.2, 0.25) is 0 Å². The zero-order valence-corrected chi connectivity index (χ0v) is 14.5. The van der Waals surface area contributed by atoms with E-state index in [9.17, 15) is 8.78 Å². The highest BCUT2D eigenvalue weighted by Gasteiger charge is 2.24. The number of halogens is 2. The van der Waals surface area contributed by atoms with Gasteiger partial charge in [-0.1, -0.05) is 12.1 Å². The number of rotatable bonds is 5. The summed E-state index contributed by atoms with van der Waals surface area (Å²) >= 11 is 0. The molecule has 1 atom stereocenters. The fraction of sp³-hybridized carbons (Fsp3) is 0.278.